The molecule has 0 aromatic carbocycles. The number of nitrogens with zero attached hydrogens (tertiary/aromatic N) is 4. The number of nitrogens with two attached hydrogens (primary N) is 1. The van der Waals surface area contributed by atoms with Crippen LogP contribution in [0.1, 0.15) is 39.8 Å². The number of aliphatic hydroxyl groups excluding tert-OH is 8. The molecule has 2 aromatic rings. The van der Waals surface area contributed by atoms with Crippen LogP contribution in [0.4, 0.5) is 5.82 Å². The third-order valence-electron chi connectivity index (χ3n) is 9.13. The molecule has 3 aliphatic rings. The number of ether oxygens (including phenoxy) is 4. The van der Waals surface area contributed by atoms with Gasteiger partial charge < -0.3 is 70.9 Å². The number of fused-ring (bicyclic) bond motifs is 1. The minimum absolute atomic E-state index is 0.0822. The zero-order valence-corrected chi connectivity index (χ0v) is 27.2. The summed E-state index contributed by atoms with van der Waals surface area (Å²) in [4.78, 5) is 24.9. The number of hydrogen-bond acceptors (Lipinski definition) is 17. The van der Waals surface area contributed by atoms with Crippen molar-refractivity contribution in [1.29, 1.82) is 0 Å². The maximum Gasteiger partial charge on any atom is 0.244 e. The normalized spacial score (nSPS) is 39.2. The van der Waals surface area contributed by atoms with Gasteiger partial charge in [0.2, 0.25) is 5.91 Å². The molecule has 0 aliphatic carbocycles. The predicted octanol–water partition coefficient (Wildman–Crippen LogP) is -3.60. The van der Waals surface area contributed by atoms with Crippen molar-refractivity contribution in [2.45, 2.75) is 120 Å². The minimum Gasteiger partial charge on any atom is -0.394 e. The molecule has 3 saturated heterocycles. The van der Waals surface area contributed by atoms with Crippen LogP contribution in [0.3, 0.4) is 0 Å². The molecule has 0 spiro atoms. The van der Waals surface area contributed by atoms with Crippen LogP contribution in [0.2, 0.25) is 0 Å². The van der Waals surface area contributed by atoms with E-state index in [0.29, 0.717) is 6.42 Å². The first kappa shape index (κ1) is 37.3. The fraction of sp³-hybridized carbons (Fsp3) is 0.733. The lowest BCUT2D eigenvalue weighted by Gasteiger charge is -2.47. The molecule has 5 unspecified atom stereocenters. The van der Waals surface area contributed by atoms with Gasteiger partial charge in [0.05, 0.1) is 31.2 Å². The van der Waals surface area contributed by atoms with Crippen molar-refractivity contribution in [2.24, 2.45) is 11.8 Å². The number of imidazole rings is 1. The Morgan fingerprint density at radius 2 is 1.67 bits per heavy atom. The molecule has 3 aliphatic heterocycles. The molecular formula is C30H46N6O13. The quantitative estimate of drug-likeness (QED) is 0.101. The lowest BCUT2D eigenvalue weighted by molar-refractivity contribution is -0.354. The van der Waals surface area contributed by atoms with Gasteiger partial charge in [-0.15, -0.1) is 0 Å². The van der Waals surface area contributed by atoms with E-state index in [1.165, 1.54) is 30.2 Å². The third kappa shape index (κ3) is 7.72. The Kier molecular flexibility index (Phi) is 11.8. The van der Waals surface area contributed by atoms with Crippen molar-refractivity contribution in [3.63, 3.8) is 0 Å². The molecule has 1 amide bonds. The van der Waals surface area contributed by atoms with Crippen LogP contribution in [-0.2, 0) is 23.7 Å². The largest absolute Gasteiger partial charge is 0.394 e. The highest BCUT2D eigenvalue weighted by Crippen LogP contribution is 2.36. The van der Waals surface area contributed by atoms with Crippen molar-refractivity contribution < 1.29 is 64.6 Å². The molecule has 49 heavy (non-hydrogen) atoms. The SMILES string of the molecule is CC(C)C/C=C/C(=O)N[C@@H]1C(O)C(O)[C@@H](C[C@@H](O)C2O[C@@H](n3cnc4c(N)ncnc43)[C@H](O)[C@@H]2O)O[C@H]1O[C@H]1O[C@@H](CO)[C@@H](O)C(O)C1C. The summed E-state index contributed by atoms with van der Waals surface area (Å²) >= 11 is 0. The van der Waals surface area contributed by atoms with E-state index in [-0.39, 0.29) is 22.9 Å². The molecule has 5 rings (SSSR count). The number of amides is 1. The maximum absolute atomic E-state index is 12.8. The van der Waals surface area contributed by atoms with Crippen molar-refractivity contribution in [1.82, 2.24) is 24.8 Å². The molecule has 19 heteroatoms. The Bertz CT molecular complexity index is 1450. The van der Waals surface area contributed by atoms with Crippen LogP contribution in [0, 0.1) is 11.8 Å². The van der Waals surface area contributed by atoms with Gasteiger partial charge in [0, 0.05) is 12.3 Å². The first-order chi connectivity index (χ1) is 23.2. The van der Waals surface area contributed by atoms with Gasteiger partial charge in [-0.25, -0.2) is 15.0 Å². The number of nitrogen functional groups attached to an aromatic ring is 1. The number of aliphatic hydroxyl groups is 8. The molecule has 3 fully saturated rings. The predicted molar refractivity (Wildman–Crippen MR) is 165 cm³/mol. The molecule has 0 radical (unpaired) electrons. The van der Waals surface area contributed by atoms with E-state index in [1.54, 1.807) is 6.08 Å². The van der Waals surface area contributed by atoms with E-state index >= 15 is 0 Å². The first-order valence-electron chi connectivity index (χ1n) is 16.1. The number of nitrogens with one attached hydrogen (secondary N) is 1. The highest BCUT2D eigenvalue weighted by atomic mass is 16.8. The van der Waals surface area contributed by atoms with Gasteiger partial charge in [-0.2, -0.15) is 0 Å². The summed E-state index contributed by atoms with van der Waals surface area (Å²) in [6.07, 6.45) is -13.7. The molecule has 0 bridgehead atoms. The monoisotopic (exact) mass is 698 g/mol. The number of carbonyl (C=O) groups excluding carboxylic acids is 1. The van der Waals surface area contributed by atoms with E-state index in [9.17, 15) is 45.6 Å². The molecule has 0 saturated carbocycles. The van der Waals surface area contributed by atoms with Gasteiger partial charge >= 0.3 is 0 Å². The summed E-state index contributed by atoms with van der Waals surface area (Å²) < 4.78 is 24.8. The first-order valence-corrected chi connectivity index (χ1v) is 16.1. The summed E-state index contributed by atoms with van der Waals surface area (Å²) in [6.45, 7) is 4.79. The van der Waals surface area contributed by atoms with Gasteiger partial charge in [0.1, 0.15) is 60.6 Å². The highest BCUT2D eigenvalue weighted by Gasteiger charge is 2.52. The molecule has 5 heterocycles. The van der Waals surface area contributed by atoms with Gasteiger partial charge in [-0.1, -0.05) is 26.8 Å². The smallest absolute Gasteiger partial charge is 0.244 e. The summed E-state index contributed by atoms with van der Waals surface area (Å²) in [6, 6.07) is -1.39. The van der Waals surface area contributed by atoms with Gasteiger partial charge in [0.25, 0.3) is 0 Å². The summed E-state index contributed by atoms with van der Waals surface area (Å²) in [5, 5.41) is 88.4. The minimum atomic E-state index is -1.73. The lowest BCUT2D eigenvalue weighted by Crippen LogP contribution is -2.66. The van der Waals surface area contributed by atoms with Crippen molar-refractivity contribution in [2.75, 3.05) is 12.3 Å². The molecule has 2 aromatic heterocycles. The fourth-order valence-corrected chi connectivity index (χ4v) is 6.23. The average molecular weight is 699 g/mol. The lowest BCUT2D eigenvalue weighted by atomic mass is 9.90. The molecule has 274 valence electrons. The summed E-state index contributed by atoms with van der Waals surface area (Å²) in [7, 11) is 0. The van der Waals surface area contributed by atoms with E-state index in [2.05, 4.69) is 20.3 Å². The summed E-state index contributed by atoms with van der Waals surface area (Å²) in [5.74, 6) is -1.15. The number of rotatable bonds is 11. The van der Waals surface area contributed by atoms with Crippen LogP contribution in [0.25, 0.3) is 11.2 Å². The van der Waals surface area contributed by atoms with E-state index in [4.69, 9.17) is 24.7 Å². The fourth-order valence-electron chi connectivity index (χ4n) is 6.23. The van der Waals surface area contributed by atoms with Crippen LogP contribution < -0.4 is 11.1 Å². The number of allylic oxidation sites excluding steroid dienone is 1. The second kappa shape index (κ2) is 15.5. The number of aromatic nitrogens is 4. The Labute approximate surface area is 280 Å². The number of anilines is 1. The zero-order valence-electron chi connectivity index (χ0n) is 27.2. The molecule has 11 N–H and O–H groups in total. The topological polar surface area (TPSA) is 297 Å². The van der Waals surface area contributed by atoms with Gasteiger partial charge in [-0.05, 0) is 18.4 Å². The van der Waals surface area contributed by atoms with Gasteiger partial charge in [0.15, 0.2) is 30.3 Å². The van der Waals surface area contributed by atoms with Crippen molar-refractivity contribution in [3.8, 4) is 0 Å². The van der Waals surface area contributed by atoms with Crippen LogP contribution in [-0.4, -0.2) is 153 Å². The standard InChI is InChI=1S/C30H46N6O13/c1-11(2)5-4-6-16(39)35-17-22(43)20(41)14(46-30(17)49-29-12(3)19(40)21(42)15(8-37)47-29)7-13(38)25-23(44)24(45)28(48-25)36-10-34-18-26(31)32-9-33-27(18)36/h4,6,9-15,17,19-25,28-30,37-38,40-45H,5,7-8H2,1-3H3,(H,35,39)(H2,31,32,33)/b6-4+/t12?,13-,14-,15+,17-,19?,20?,21-,22?,23+,24-,25?,28-,29-,30+/m1/s1. The third-order valence-corrected chi connectivity index (χ3v) is 9.13. The van der Waals surface area contributed by atoms with Crippen LogP contribution >= 0.6 is 0 Å². The van der Waals surface area contributed by atoms with E-state index < -0.39 is 111 Å². The number of hydrogen-bond donors (Lipinski definition) is 10. The Balaban J connectivity index is 1.34. The van der Waals surface area contributed by atoms with Crippen molar-refractivity contribution >= 4 is 22.9 Å². The number of carbonyl (C=O) groups is 1. The molecular weight excluding hydrogens is 652 g/mol. The Morgan fingerprint density at radius 1 is 0.980 bits per heavy atom. The van der Waals surface area contributed by atoms with E-state index in [1.807, 2.05) is 13.8 Å². The maximum atomic E-state index is 12.8. The molecule has 19 nitrogen and oxygen atoms in total. The molecule has 15 atom stereocenters. The highest BCUT2D eigenvalue weighted by molar-refractivity contribution is 5.87. The summed E-state index contributed by atoms with van der Waals surface area (Å²) in [5.41, 5.74) is 6.29. The second-order valence-corrected chi connectivity index (χ2v) is 13.2. The van der Waals surface area contributed by atoms with Gasteiger partial charge in [-0.3, -0.25) is 9.36 Å². The second-order valence-electron chi connectivity index (χ2n) is 13.2. The van der Waals surface area contributed by atoms with Crippen molar-refractivity contribution in [3.05, 3.63) is 24.8 Å². The zero-order chi connectivity index (χ0) is 35.7. The Hall–Kier alpha value is -2.92. The van der Waals surface area contributed by atoms with Crippen LogP contribution in [0.5, 0.6) is 0 Å². The van der Waals surface area contributed by atoms with Crippen LogP contribution in [0.15, 0.2) is 24.8 Å². The van der Waals surface area contributed by atoms with E-state index in [0.717, 1.165) is 0 Å². The Morgan fingerprint density at radius 3 is 2.37 bits per heavy atom. The average Bonchev–Trinajstić information content (AvgIpc) is 3.62.